The SMILES string of the molecule is CCCC1NC(c2ccc(C)cc2C)N(C(C)CC)C1=O. The molecule has 0 radical (unpaired) electrons. The number of carbonyl (C=O) groups is 1. The minimum atomic E-state index is -0.0327. The van der Waals surface area contributed by atoms with Crippen molar-refractivity contribution in [2.45, 2.75) is 72.1 Å². The minimum Gasteiger partial charge on any atom is -0.319 e. The average molecular weight is 288 g/mol. The minimum absolute atomic E-state index is 0.0181. The van der Waals surface area contributed by atoms with E-state index in [0.29, 0.717) is 0 Å². The summed E-state index contributed by atoms with van der Waals surface area (Å²) in [6, 6.07) is 6.73. The van der Waals surface area contributed by atoms with E-state index < -0.39 is 0 Å². The maximum atomic E-state index is 12.7. The zero-order valence-corrected chi connectivity index (χ0v) is 13.9. The van der Waals surface area contributed by atoms with Crippen molar-refractivity contribution < 1.29 is 4.79 Å². The Kier molecular flexibility index (Phi) is 5.04. The lowest BCUT2D eigenvalue weighted by atomic mass is 10.0. The van der Waals surface area contributed by atoms with E-state index in [1.54, 1.807) is 0 Å². The predicted octanol–water partition coefficient (Wildman–Crippen LogP) is 3.70. The Morgan fingerprint density at radius 2 is 2.00 bits per heavy atom. The highest BCUT2D eigenvalue weighted by Crippen LogP contribution is 2.31. The summed E-state index contributed by atoms with van der Waals surface area (Å²) in [5, 5.41) is 3.56. The Bertz CT molecular complexity index is 512. The quantitative estimate of drug-likeness (QED) is 0.896. The fraction of sp³-hybridized carbons (Fsp3) is 0.611. The van der Waals surface area contributed by atoms with Crippen molar-refractivity contribution >= 4 is 5.91 Å². The van der Waals surface area contributed by atoms with Crippen molar-refractivity contribution in [2.75, 3.05) is 0 Å². The second kappa shape index (κ2) is 6.61. The number of amides is 1. The van der Waals surface area contributed by atoms with Gasteiger partial charge in [0.15, 0.2) is 0 Å². The van der Waals surface area contributed by atoms with Crippen LogP contribution in [0.1, 0.15) is 62.9 Å². The Morgan fingerprint density at radius 3 is 2.57 bits per heavy atom. The molecule has 116 valence electrons. The molecule has 1 aliphatic rings. The number of hydrogen-bond acceptors (Lipinski definition) is 2. The fourth-order valence-corrected chi connectivity index (χ4v) is 3.19. The maximum absolute atomic E-state index is 12.7. The van der Waals surface area contributed by atoms with Gasteiger partial charge in [-0.1, -0.05) is 44.0 Å². The van der Waals surface area contributed by atoms with Gasteiger partial charge < -0.3 is 4.90 Å². The van der Waals surface area contributed by atoms with Gasteiger partial charge in [0.2, 0.25) is 5.91 Å². The smallest absolute Gasteiger partial charge is 0.241 e. The summed E-state index contributed by atoms with van der Waals surface area (Å²) in [6.07, 6.45) is 2.93. The maximum Gasteiger partial charge on any atom is 0.241 e. The molecule has 2 rings (SSSR count). The van der Waals surface area contributed by atoms with Gasteiger partial charge in [-0.15, -0.1) is 0 Å². The molecule has 1 amide bonds. The first kappa shape index (κ1) is 16.0. The normalized spacial score (nSPS) is 23.7. The second-order valence-corrected chi connectivity index (χ2v) is 6.27. The molecule has 0 aromatic heterocycles. The number of aryl methyl sites for hydroxylation is 2. The van der Waals surface area contributed by atoms with E-state index in [0.717, 1.165) is 19.3 Å². The summed E-state index contributed by atoms with van der Waals surface area (Å²) in [5.74, 6) is 0.260. The van der Waals surface area contributed by atoms with Gasteiger partial charge in [-0.05, 0) is 44.7 Å². The standard InChI is InChI=1S/C18H28N2O/c1-6-8-16-18(21)20(14(5)7-2)17(19-16)15-10-9-12(3)11-13(15)4/h9-11,14,16-17,19H,6-8H2,1-5H3. The third kappa shape index (κ3) is 3.13. The number of carbonyl (C=O) groups excluding carboxylic acids is 1. The van der Waals surface area contributed by atoms with Crippen molar-refractivity contribution in [1.29, 1.82) is 0 Å². The summed E-state index contributed by atoms with van der Waals surface area (Å²) in [5.41, 5.74) is 3.75. The molecule has 1 aromatic rings. The van der Waals surface area contributed by atoms with Gasteiger partial charge >= 0.3 is 0 Å². The van der Waals surface area contributed by atoms with Crippen LogP contribution in [0.5, 0.6) is 0 Å². The molecule has 21 heavy (non-hydrogen) atoms. The lowest BCUT2D eigenvalue weighted by Gasteiger charge is -2.31. The van der Waals surface area contributed by atoms with Gasteiger partial charge in [-0.2, -0.15) is 0 Å². The largest absolute Gasteiger partial charge is 0.319 e. The van der Waals surface area contributed by atoms with E-state index in [1.807, 2.05) is 0 Å². The molecule has 1 aliphatic heterocycles. The van der Waals surface area contributed by atoms with Gasteiger partial charge in [0.25, 0.3) is 0 Å². The molecule has 1 fully saturated rings. The van der Waals surface area contributed by atoms with Crippen LogP contribution in [0, 0.1) is 13.8 Å². The highest BCUT2D eigenvalue weighted by atomic mass is 16.2. The molecule has 0 bridgehead atoms. The van der Waals surface area contributed by atoms with Crippen molar-refractivity contribution in [2.24, 2.45) is 0 Å². The zero-order valence-electron chi connectivity index (χ0n) is 13.9. The second-order valence-electron chi connectivity index (χ2n) is 6.27. The zero-order chi connectivity index (χ0) is 15.6. The molecular weight excluding hydrogens is 260 g/mol. The lowest BCUT2D eigenvalue weighted by Crippen LogP contribution is -2.38. The van der Waals surface area contributed by atoms with Gasteiger partial charge in [0, 0.05) is 6.04 Å². The fourth-order valence-electron chi connectivity index (χ4n) is 3.19. The van der Waals surface area contributed by atoms with Crippen LogP contribution in [0.3, 0.4) is 0 Å². The number of benzene rings is 1. The summed E-state index contributed by atoms with van der Waals surface area (Å²) in [7, 11) is 0. The monoisotopic (exact) mass is 288 g/mol. The highest BCUT2D eigenvalue weighted by molar-refractivity contribution is 5.85. The van der Waals surface area contributed by atoms with Gasteiger partial charge in [0.1, 0.15) is 6.17 Å². The lowest BCUT2D eigenvalue weighted by molar-refractivity contribution is -0.132. The first-order valence-electron chi connectivity index (χ1n) is 8.14. The first-order chi connectivity index (χ1) is 9.99. The molecule has 1 aromatic carbocycles. The number of nitrogens with zero attached hydrogens (tertiary/aromatic N) is 1. The summed E-state index contributed by atoms with van der Waals surface area (Å²) in [4.78, 5) is 14.8. The molecule has 3 nitrogen and oxygen atoms in total. The van der Waals surface area contributed by atoms with E-state index in [9.17, 15) is 4.79 Å². The molecule has 0 saturated carbocycles. The topological polar surface area (TPSA) is 32.3 Å². The summed E-state index contributed by atoms with van der Waals surface area (Å²) < 4.78 is 0. The van der Waals surface area contributed by atoms with Crippen molar-refractivity contribution in [1.82, 2.24) is 10.2 Å². The molecule has 1 N–H and O–H groups in total. The molecular formula is C18H28N2O. The first-order valence-corrected chi connectivity index (χ1v) is 8.14. The van der Waals surface area contributed by atoms with Crippen LogP contribution in [-0.2, 0) is 4.79 Å². The third-order valence-corrected chi connectivity index (χ3v) is 4.55. The van der Waals surface area contributed by atoms with E-state index in [1.165, 1.54) is 16.7 Å². The molecule has 3 atom stereocenters. The Labute approximate surface area is 128 Å². The molecule has 3 heteroatoms. The van der Waals surface area contributed by atoms with Crippen LogP contribution in [0.4, 0.5) is 0 Å². The van der Waals surface area contributed by atoms with Crippen LogP contribution in [0.15, 0.2) is 18.2 Å². The van der Waals surface area contributed by atoms with E-state index in [2.05, 4.69) is 63.0 Å². The molecule has 1 saturated heterocycles. The molecule has 0 aliphatic carbocycles. The van der Waals surface area contributed by atoms with Crippen LogP contribution >= 0.6 is 0 Å². The van der Waals surface area contributed by atoms with Crippen molar-refractivity contribution in [3.63, 3.8) is 0 Å². The Morgan fingerprint density at radius 1 is 1.29 bits per heavy atom. The Balaban J connectivity index is 2.36. The number of rotatable bonds is 5. The molecule has 3 unspecified atom stereocenters. The van der Waals surface area contributed by atoms with E-state index in [4.69, 9.17) is 0 Å². The van der Waals surface area contributed by atoms with Crippen LogP contribution in [-0.4, -0.2) is 22.9 Å². The van der Waals surface area contributed by atoms with Gasteiger partial charge in [-0.25, -0.2) is 0 Å². The summed E-state index contributed by atoms with van der Waals surface area (Å²) in [6.45, 7) is 10.7. The number of hydrogen-bond donors (Lipinski definition) is 1. The number of nitrogens with one attached hydrogen (secondary N) is 1. The Hall–Kier alpha value is -1.35. The summed E-state index contributed by atoms with van der Waals surface area (Å²) >= 11 is 0. The highest BCUT2D eigenvalue weighted by Gasteiger charge is 2.41. The van der Waals surface area contributed by atoms with Crippen molar-refractivity contribution in [3.8, 4) is 0 Å². The third-order valence-electron chi connectivity index (χ3n) is 4.55. The van der Waals surface area contributed by atoms with Gasteiger partial charge in [0.05, 0.1) is 6.04 Å². The molecule has 0 spiro atoms. The van der Waals surface area contributed by atoms with Crippen LogP contribution in [0.25, 0.3) is 0 Å². The van der Waals surface area contributed by atoms with Crippen molar-refractivity contribution in [3.05, 3.63) is 34.9 Å². The average Bonchev–Trinajstić information content (AvgIpc) is 2.76. The molecule has 1 heterocycles. The predicted molar refractivity (Wildman–Crippen MR) is 87.1 cm³/mol. The van der Waals surface area contributed by atoms with Gasteiger partial charge in [-0.3, -0.25) is 10.1 Å². The van der Waals surface area contributed by atoms with Crippen LogP contribution in [0.2, 0.25) is 0 Å². The van der Waals surface area contributed by atoms with E-state index in [-0.39, 0.29) is 24.2 Å². The van der Waals surface area contributed by atoms with E-state index >= 15 is 0 Å². The van der Waals surface area contributed by atoms with Crippen LogP contribution < -0.4 is 5.32 Å².